The van der Waals surface area contributed by atoms with E-state index >= 15 is 0 Å². The molecule has 0 spiro atoms. The Balaban J connectivity index is 2.16. The highest BCUT2D eigenvalue weighted by Gasteiger charge is 2.12. The highest BCUT2D eigenvalue weighted by atomic mass is 79.9. The van der Waals surface area contributed by atoms with Crippen molar-refractivity contribution in [3.63, 3.8) is 0 Å². The summed E-state index contributed by atoms with van der Waals surface area (Å²) in [5.74, 6) is 0.207. The van der Waals surface area contributed by atoms with Crippen LogP contribution in [0.1, 0.15) is 10.4 Å². The van der Waals surface area contributed by atoms with Crippen LogP contribution in [0.25, 0.3) is 0 Å². The van der Waals surface area contributed by atoms with Crippen molar-refractivity contribution in [1.29, 1.82) is 0 Å². The summed E-state index contributed by atoms with van der Waals surface area (Å²) in [6.07, 6.45) is 0. The predicted molar refractivity (Wildman–Crippen MR) is 90.9 cm³/mol. The fourth-order valence-corrected chi connectivity index (χ4v) is 2.27. The van der Waals surface area contributed by atoms with E-state index in [9.17, 15) is 4.79 Å². The molecule has 0 aliphatic heterocycles. The number of rotatable bonds is 6. The summed E-state index contributed by atoms with van der Waals surface area (Å²) in [7, 11) is 1.59. The second-order valence-electron chi connectivity index (χ2n) is 4.42. The minimum Gasteiger partial charge on any atom is -0.487 e. The minimum atomic E-state index is -0.230. The molecule has 4 nitrogen and oxygen atoms in total. The fourth-order valence-electron chi connectivity index (χ4n) is 1.78. The Hall–Kier alpha value is -1.56. The first-order valence-electron chi connectivity index (χ1n) is 6.59. The zero-order chi connectivity index (χ0) is 15.9. The first-order chi connectivity index (χ1) is 10.6. The third-order valence-electron chi connectivity index (χ3n) is 2.86. The molecular formula is C16H15BrClNO3. The molecule has 2 aromatic carbocycles. The molecule has 0 aromatic heterocycles. The van der Waals surface area contributed by atoms with Gasteiger partial charge in [-0.1, -0.05) is 33.6 Å². The van der Waals surface area contributed by atoms with Gasteiger partial charge < -0.3 is 14.8 Å². The lowest BCUT2D eigenvalue weighted by Gasteiger charge is -2.14. The summed E-state index contributed by atoms with van der Waals surface area (Å²) in [6.45, 7) is 0.784. The van der Waals surface area contributed by atoms with E-state index in [1.165, 1.54) is 0 Å². The van der Waals surface area contributed by atoms with E-state index in [0.29, 0.717) is 35.2 Å². The normalized spacial score (nSPS) is 10.3. The molecule has 0 aliphatic rings. The zero-order valence-corrected chi connectivity index (χ0v) is 14.3. The molecule has 0 bridgehead atoms. The van der Waals surface area contributed by atoms with Gasteiger partial charge in [-0.3, -0.25) is 4.79 Å². The van der Waals surface area contributed by atoms with Crippen molar-refractivity contribution in [1.82, 2.24) is 0 Å². The SMILES string of the molecule is COCCOc1c(Cl)cccc1NC(=O)c1ccc(Br)cc1. The Morgan fingerprint density at radius 3 is 2.59 bits per heavy atom. The van der Waals surface area contributed by atoms with Crippen LogP contribution in [0.2, 0.25) is 5.02 Å². The second kappa shape index (κ2) is 8.17. The Morgan fingerprint density at radius 1 is 1.18 bits per heavy atom. The topological polar surface area (TPSA) is 47.6 Å². The summed E-state index contributed by atoms with van der Waals surface area (Å²) in [4.78, 5) is 12.3. The number of nitrogens with one attached hydrogen (secondary N) is 1. The lowest BCUT2D eigenvalue weighted by molar-refractivity contribution is 0.102. The van der Waals surface area contributed by atoms with Gasteiger partial charge in [0.05, 0.1) is 17.3 Å². The number of carbonyl (C=O) groups excluding carboxylic acids is 1. The van der Waals surface area contributed by atoms with Crippen molar-refractivity contribution in [3.8, 4) is 5.75 Å². The predicted octanol–water partition coefficient (Wildman–Crippen LogP) is 4.38. The molecule has 6 heteroatoms. The van der Waals surface area contributed by atoms with Crippen molar-refractivity contribution < 1.29 is 14.3 Å². The van der Waals surface area contributed by atoms with E-state index in [-0.39, 0.29) is 5.91 Å². The zero-order valence-electron chi connectivity index (χ0n) is 11.9. The number of hydrogen-bond donors (Lipinski definition) is 1. The summed E-state index contributed by atoms with van der Waals surface area (Å²) in [6, 6.07) is 12.3. The van der Waals surface area contributed by atoms with Gasteiger partial charge in [0.1, 0.15) is 6.61 Å². The molecule has 0 atom stereocenters. The van der Waals surface area contributed by atoms with Crippen LogP contribution in [0.3, 0.4) is 0 Å². The molecule has 2 rings (SSSR count). The number of benzene rings is 2. The number of para-hydroxylation sites is 1. The van der Waals surface area contributed by atoms with E-state index in [4.69, 9.17) is 21.1 Å². The van der Waals surface area contributed by atoms with Gasteiger partial charge in [0.25, 0.3) is 5.91 Å². The Bertz CT molecular complexity index is 646. The molecule has 1 N–H and O–H groups in total. The van der Waals surface area contributed by atoms with Crippen molar-refractivity contribution >= 4 is 39.1 Å². The van der Waals surface area contributed by atoms with Crippen LogP contribution in [0.15, 0.2) is 46.9 Å². The molecule has 116 valence electrons. The van der Waals surface area contributed by atoms with Crippen LogP contribution >= 0.6 is 27.5 Å². The largest absolute Gasteiger partial charge is 0.487 e. The monoisotopic (exact) mass is 383 g/mol. The Labute approximate surface area is 142 Å². The molecule has 0 unspecified atom stereocenters. The average molecular weight is 385 g/mol. The third-order valence-corrected chi connectivity index (χ3v) is 3.68. The van der Waals surface area contributed by atoms with Gasteiger partial charge in [0.2, 0.25) is 0 Å². The van der Waals surface area contributed by atoms with Crippen LogP contribution in [0.5, 0.6) is 5.75 Å². The highest BCUT2D eigenvalue weighted by molar-refractivity contribution is 9.10. The molecule has 0 heterocycles. The van der Waals surface area contributed by atoms with Gasteiger partial charge in [-0.2, -0.15) is 0 Å². The minimum absolute atomic E-state index is 0.230. The lowest BCUT2D eigenvalue weighted by atomic mass is 10.2. The number of hydrogen-bond acceptors (Lipinski definition) is 3. The number of methoxy groups -OCH3 is 1. The van der Waals surface area contributed by atoms with E-state index in [0.717, 1.165) is 4.47 Å². The number of ether oxygens (including phenoxy) is 2. The van der Waals surface area contributed by atoms with Crippen molar-refractivity contribution in [2.75, 3.05) is 25.6 Å². The van der Waals surface area contributed by atoms with Gasteiger partial charge in [0.15, 0.2) is 5.75 Å². The number of amides is 1. The van der Waals surface area contributed by atoms with Gasteiger partial charge in [0, 0.05) is 17.1 Å². The van der Waals surface area contributed by atoms with Gasteiger partial charge >= 0.3 is 0 Å². The summed E-state index contributed by atoms with van der Waals surface area (Å²) >= 11 is 9.47. The van der Waals surface area contributed by atoms with Gasteiger partial charge in [-0.25, -0.2) is 0 Å². The van der Waals surface area contributed by atoms with Crippen molar-refractivity contribution in [2.24, 2.45) is 0 Å². The quantitative estimate of drug-likeness (QED) is 0.752. The van der Waals surface area contributed by atoms with Crippen LogP contribution in [-0.4, -0.2) is 26.2 Å². The van der Waals surface area contributed by atoms with Crippen molar-refractivity contribution in [2.45, 2.75) is 0 Å². The molecule has 0 saturated carbocycles. The molecule has 2 aromatic rings. The smallest absolute Gasteiger partial charge is 0.255 e. The Kier molecular flexibility index (Phi) is 6.24. The molecule has 22 heavy (non-hydrogen) atoms. The maximum atomic E-state index is 12.3. The molecule has 0 radical (unpaired) electrons. The van der Waals surface area contributed by atoms with E-state index in [2.05, 4.69) is 21.2 Å². The first kappa shape index (κ1) is 16.8. The maximum Gasteiger partial charge on any atom is 0.255 e. The maximum absolute atomic E-state index is 12.3. The van der Waals surface area contributed by atoms with Gasteiger partial charge in [-0.05, 0) is 36.4 Å². The number of anilines is 1. The molecule has 0 fully saturated rings. The van der Waals surface area contributed by atoms with Crippen LogP contribution < -0.4 is 10.1 Å². The third kappa shape index (κ3) is 4.47. The van der Waals surface area contributed by atoms with E-state index < -0.39 is 0 Å². The summed E-state index contributed by atoms with van der Waals surface area (Å²) < 4.78 is 11.4. The van der Waals surface area contributed by atoms with Gasteiger partial charge in [-0.15, -0.1) is 0 Å². The number of carbonyl (C=O) groups is 1. The van der Waals surface area contributed by atoms with E-state index in [1.54, 1.807) is 37.4 Å². The second-order valence-corrected chi connectivity index (χ2v) is 5.74. The number of halogens is 2. The summed E-state index contributed by atoms with van der Waals surface area (Å²) in [5, 5.41) is 3.24. The van der Waals surface area contributed by atoms with Crippen LogP contribution in [0, 0.1) is 0 Å². The van der Waals surface area contributed by atoms with Crippen LogP contribution in [-0.2, 0) is 4.74 Å². The highest BCUT2D eigenvalue weighted by Crippen LogP contribution is 2.33. The fraction of sp³-hybridized carbons (Fsp3) is 0.188. The first-order valence-corrected chi connectivity index (χ1v) is 7.76. The summed E-state index contributed by atoms with van der Waals surface area (Å²) in [5.41, 5.74) is 1.07. The van der Waals surface area contributed by atoms with Crippen LogP contribution in [0.4, 0.5) is 5.69 Å². The molecular weight excluding hydrogens is 370 g/mol. The molecule has 0 saturated heterocycles. The average Bonchev–Trinajstić information content (AvgIpc) is 2.50. The lowest BCUT2D eigenvalue weighted by Crippen LogP contribution is -2.14. The molecule has 1 amide bonds. The molecule has 0 aliphatic carbocycles. The van der Waals surface area contributed by atoms with E-state index in [1.807, 2.05) is 12.1 Å². The standard InChI is InChI=1S/C16H15BrClNO3/c1-21-9-10-22-15-13(18)3-2-4-14(15)19-16(20)11-5-7-12(17)8-6-11/h2-8H,9-10H2,1H3,(H,19,20). The van der Waals surface area contributed by atoms with Crippen molar-refractivity contribution in [3.05, 3.63) is 57.5 Å². The Morgan fingerprint density at radius 2 is 1.91 bits per heavy atom.